The Hall–Kier alpha value is -2.95. The van der Waals surface area contributed by atoms with E-state index in [1.165, 1.54) is 23.0 Å². The van der Waals surface area contributed by atoms with Crippen LogP contribution in [-0.2, 0) is 17.9 Å². The molecule has 1 atom stereocenters. The van der Waals surface area contributed by atoms with Gasteiger partial charge in [-0.3, -0.25) is 9.48 Å². The fourth-order valence-corrected chi connectivity index (χ4v) is 3.48. The minimum atomic E-state index is 0.158. The Kier molecular flexibility index (Phi) is 4.29. The fraction of sp³-hybridized carbons (Fsp3) is 0.250. The zero-order valence-electron chi connectivity index (χ0n) is 14.0. The van der Waals surface area contributed by atoms with E-state index in [1.54, 1.807) is 11.0 Å². The lowest BCUT2D eigenvalue weighted by molar-refractivity contribution is -0.132. The number of hydrogen-bond acceptors (Lipinski definition) is 3. The molecule has 2 aromatic carbocycles. The van der Waals surface area contributed by atoms with E-state index >= 15 is 0 Å². The highest BCUT2D eigenvalue weighted by atomic mass is 16.2. The number of carbonyl (C=O) groups is 1. The van der Waals surface area contributed by atoms with E-state index in [9.17, 15) is 4.79 Å². The predicted molar refractivity (Wildman–Crippen MR) is 94.8 cm³/mol. The number of fused-ring (bicyclic) bond motifs is 1. The molecule has 0 radical (unpaired) electrons. The van der Waals surface area contributed by atoms with Crippen LogP contribution >= 0.6 is 0 Å². The molecule has 0 saturated carbocycles. The molecule has 1 aliphatic heterocycles. The zero-order chi connectivity index (χ0) is 17.1. The molecule has 3 aromatic rings. The van der Waals surface area contributed by atoms with Gasteiger partial charge in [-0.05, 0) is 16.7 Å². The zero-order valence-corrected chi connectivity index (χ0v) is 14.0. The molecule has 126 valence electrons. The van der Waals surface area contributed by atoms with Gasteiger partial charge in [0.2, 0.25) is 5.91 Å². The van der Waals surface area contributed by atoms with Gasteiger partial charge in [0.05, 0.1) is 6.54 Å². The predicted octanol–water partition coefficient (Wildman–Crippen LogP) is 2.84. The van der Waals surface area contributed by atoms with E-state index in [2.05, 4.69) is 52.5 Å². The van der Waals surface area contributed by atoms with Gasteiger partial charge in [-0.15, -0.1) is 0 Å². The molecule has 4 rings (SSSR count). The van der Waals surface area contributed by atoms with Crippen molar-refractivity contribution in [1.29, 1.82) is 0 Å². The Morgan fingerprint density at radius 1 is 1.08 bits per heavy atom. The van der Waals surface area contributed by atoms with E-state index < -0.39 is 0 Å². The number of carbonyl (C=O) groups excluding carboxylic acids is 1. The number of aryl methyl sites for hydroxylation is 1. The first-order valence-corrected chi connectivity index (χ1v) is 8.54. The lowest BCUT2D eigenvalue weighted by atomic mass is 9.84. The van der Waals surface area contributed by atoms with Crippen LogP contribution < -0.4 is 0 Å². The average Bonchev–Trinajstić information content (AvgIpc) is 3.19. The van der Waals surface area contributed by atoms with Crippen LogP contribution in [0.4, 0.5) is 0 Å². The van der Waals surface area contributed by atoms with E-state index in [1.807, 2.05) is 17.0 Å². The molecule has 1 amide bonds. The molecule has 5 heteroatoms. The summed E-state index contributed by atoms with van der Waals surface area (Å²) >= 11 is 0. The number of aromatic nitrogens is 3. The molecule has 0 spiro atoms. The molecular formula is C20H20N4O. The van der Waals surface area contributed by atoms with Crippen molar-refractivity contribution in [2.75, 3.05) is 6.54 Å². The number of benzene rings is 2. The maximum atomic E-state index is 12.7. The smallest absolute Gasteiger partial charge is 0.224 e. The Morgan fingerprint density at radius 2 is 1.88 bits per heavy atom. The summed E-state index contributed by atoms with van der Waals surface area (Å²) < 4.78 is 1.70. The molecule has 0 bridgehead atoms. The quantitative estimate of drug-likeness (QED) is 0.738. The minimum Gasteiger partial charge on any atom is -0.337 e. The molecule has 0 unspecified atom stereocenters. The van der Waals surface area contributed by atoms with E-state index in [4.69, 9.17) is 0 Å². The topological polar surface area (TPSA) is 51.0 Å². The summed E-state index contributed by atoms with van der Waals surface area (Å²) in [6, 6.07) is 18.9. The number of nitrogens with zero attached hydrogens (tertiary/aromatic N) is 4. The highest BCUT2D eigenvalue weighted by molar-refractivity contribution is 5.76. The van der Waals surface area contributed by atoms with E-state index in [0.717, 1.165) is 6.54 Å². The van der Waals surface area contributed by atoms with Crippen LogP contribution in [0.2, 0.25) is 0 Å². The van der Waals surface area contributed by atoms with Crippen LogP contribution in [0.1, 0.15) is 29.0 Å². The number of rotatable bonds is 4. The molecule has 1 aromatic heterocycles. The monoisotopic (exact) mass is 332 g/mol. The maximum absolute atomic E-state index is 12.7. The van der Waals surface area contributed by atoms with Crippen molar-refractivity contribution < 1.29 is 4.79 Å². The Morgan fingerprint density at radius 3 is 2.68 bits per heavy atom. The minimum absolute atomic E-state index is 0.158. The molecule has 25 heavy (non-hydrogen) atoms. The van der Waals surface area contributed by atoms with Gasteiger partial charge < -0.3 is 4.90 Å². The number of hydrogen-bond donors (Lipinski definition) is 0. The van der Waals surface area contributed by atoms with Crippen LogP contribution in [0.25, 0.3) is 0 Å². The molecule has 1 aliphatic rings. The highest BCUT2D eigenvalue weighted by Crippen LogP contribution is 2.33. The number of amides is 1. The van der Waals surface area contributed by atoms with Gasteiger partial charge in [-0.25, -0.2) is 4.98 Å². The van der Waals surface area contributed by atoms with Crippen LogP contribution in [0.5, 0.6) is 0 Å². The van der Waals surface area contributed by atoms with Crippen molar-refractivity contribution in [1.82, 2.24) is 19.7 Å². The van der Waals surface area contributed by atoms with Crippen molar-refractivity contribution in [2.45, 2.75) is 25.4 Å². The standard InChI is InChI=1S/C20H20N4O/c25-20(10-11-24-15-21-14-22-24)23-12-17-8-4-5-9-18(17)19(13-23)16-6-2-1-3-7-16/h1-9,14-15,19H,10-13H2/t19-/m0/s1. The van der Waals surface area contributed by atoms with Gasteiger partial charge in [0, 0.05) is 25.4 Å². The van der Waals surface area contributed by atoms with Crippen molar-refractivity contribution >= 4 is 5.91 Å². The van der Waals surface area contributed by atoms with Crippen molar-refractivity contribution in [2.24, 2.45) is 0 Å². The van der Waals surface area contributed by atoms with Gasteiger partial charge in [0.15, 0.2) is 0 Å². The second kappa shape index (κ2) is 6.89. The van der Waals surface area contributed by atoms with Gasteiger partial charge in [-0.2, -0.15) is 5.10 Å². The van der Waals surface area contributed by atoms with Gasteiger partial charge in [-0.1, -0.05) is 54.6 Å². The first-order valence-electron chi connectivity index (χ1n) is 8.54. The maximum Gasteiger partial charge on any atom is 0.224 e. The Bertz CT molecular complexity index is 845. The van der Waals surface area contributed by atoms with Crippen LogP contribution in [0.3, 0.4) is 0 Å². The second-order valence-corrected chi connectivity index (χ2v) is 6.34. The summed E-state index contributed by atoms with van der Waals surface area (Å²) in [5, 5.41) is 4.07. The molecule has 0 saturated heterocycles. The lowest BCUT2D eigenvalue weighted by Crippen LogP contribution is -2.39. The second-order valence-electron chi connectivity index (χ2n) is 6.34. The summed E-state index contributed by atoms with van der Waals surface area (Å²) in [7, 11) is 0. The Balaban J connectivity index is 1.56. The third-order valence-corrected chi connectivity index (χ3v) is 4.77. The molecule has 2 heterocycles. The van der Waals surface area contributed by atoms with E-state index in [0.29, 0.717) is 19.5 Å². The molecule has 0 fully saturated rings. The fourth-order valence-electron chi connectivity index (χ4n) is 3.48. The summed E-state index contributed by atoms with van der Waals surface area (Å²) in [6.45, 7) is 1.96. The average molecular weight is 332 g/mol. The lowest BCUT2D eigenvalue weighted by Gasteiger charge is -2.35. The largest absolute Gasteiger partial charge is 0.337 e. The SMILES string of the molecule is O=C(CCn1cncn1)N1Cc2ccccc2[C@H](c2ccccc2)C1. The van der Waals surface area contributed by atoms with Crippen LogP contribution in [-0.4, -0.2) is 32.1 Å². The van der Waals surface area contributed by atoms with Crippen LogP contribution in [0.15, 0.2) is 67.3 Å². The first-order chi connectivity index (χ1) is 12.3. The van der Waals surface area contributed by atoms with E-state index in [-0.39, 0.29) is 11.8 Å². The highest BCUT2D eigenvalue weighted by Gasteiger charge is 2.28. The summed E-state index contributed by atoms with van der Waals surface area (Å²) in [6.07, 6.45) is 3.58. The van der Waals surface area contributed by atoms with Gasteiger partial charge in [0.25, 0.3) is 0 Å². The molecule has 0 aliphatic carbocycles. The van der Waals surface area contributed by atoms with Crippen molar-refractivity contribution in [3.63, 3.8) is 0 Å². The van der Waals surface area contributed by atoms with Gasteiger partial charge >= 0.3 is 0 Å². The summed E-state index contributed by atoms with van der Waals surface area (Å²) in [4.78, 5) is 18.6. The third-order valence-electron chi connectivity index (χ3n) is 4.77. The summed E-state index contributed by atoms with van der Waals surface area (Å²) in [5.74, 6) is 0.382. The van der Waals surface area contributed by atoms with Crippen LogP contribution in [0, 0.1) is 0 Å². The summed E-state index contributed by atoms with van der Waals surface area (Å²) in [5.41, 5.74) is 3.81. The molecule has 5 nitrogen and oxygen atoms in total. The first kappa shape index (κ1) is 15.6. The van der Waals surface area contributed by atoms with Gasteiger partial charge in [0.1, 0.15) is 12.7 Å². The third kappa shape index (κ3) is 3.31. The normalized spacial score (nSPS) is 16.5. The Labute approximate surface area is 146 Å². The molecule has 0 N–H and O–H groups in total. The van der Waals surface area contributed by atoms with Crippen molar-refractivity contribution in [3.05, 3.63) is 83.9 Å². The van der Waals surface area contributed by atoms with Crippen molar-refractivity contribution in [3.8, 4) is 0 Å². The molecular weight excluding hydrogens is 312 g/mol.